The van der Waals surface area contributed by atoms with Crippen LogP contribution in [0.1, 0.15) is 58.3 Å². The van der Waals surface area contributed by atoms with Crippen molar-refractivity contribution in [1.82, 2.24) is 10.3 Å². The zero-order valence-corrected chi connectivity index (χ0v) is 39.8. The number of carbonyl (C=O) groups excluding carboxylic acids is 2. The summed E-state index contributed by atoms with van der Waals surface area (Å²) in [6.45, 7) is -0.0789. The number of benzene rings is 3. The molecular formula is C53H49N3O14S2. The van der Waals surface area contributed by atoms with Gasteiger partial charge < -0.3 is 60.0 Å². The van der Waals surface area contributed by atoms with E-state index in [4.69, 9.17) is 24.4 Å². The summed E-state index contributed by atoms with van der Waals surface area (Å²) in [6, 6.07) is 19.1. The number of primary amides is 1. The second kappa shape index (κ2) is 19.5. The summed E-state index contributed by atoms with van der Waals surface area (Å²) in [5.74, 6) is 0.509. The Bertz CT molecular complexity index is 3160. The average Bonchev–Trinajstić information content (AvgIpc) is 3.90. The lowest BCUT2D eigenvalue weighted by atomic mass is 9.63. The van der Waals surface area contributed by atoms with E-state index in [0.717, 1.165) is 51.3 Å². The van der Waals surface area contributed by atoms with Crippen molar-refractivity contribution < 1.29 is 63.7 Å². The molecule has 2 aliphatic heterocycles. The number of aromatic hydroxyl groups is 1. The van der Waals surface area contributed by atoms with Gasteiger partial charge in [0.2, 0.25) is 28.7 Å². The number of aliphatic carboxylic acids is 1. The zero-order valence-electron chi connectivity index (χ0n) is 38.2. The van der Waals surface area contributed by atoms with Crippen LogP contribution in [-0.2, 0) is 19.1 Å². The number of aliphatic hydroxyl groups excluding tert-OH is 3. The molecule has 17 nitrogen and oxygen atoms in total. The minimum Gasteiger partial charge on any atom is -0.508 e. The van der Waals surface area contributed by atoms with Crippen molar-refractivity contribution in [3.8, 4) is 34.5 Å². The Balaban J connectivity index is 1.07. The van der Waals surface area contributed by atoms with E-state index in [0.29, 0.717) is 25.0 Å². The van der Waals surface area contributed by atoms with Crippen LogP contribution in [0.15, 0.2) is 125 Å². The zero-order chi connectivity index (χ0) is 50.5. The number of carbonyl (C=O) groups is 3. The Morgan fingerprint density at radius 1 is 0.986 bits per heavy atom. The standard InChI is InChI=1S/C53H49N3O14S2/c54-46(61)45-43(30-12-14-33(57)15-13-30)44(60)38-17-16-35(23-41(38)69-45)68-50-52(66)48(63)56-25-39(28-4-3-5-34(58)22-31-11-10-29(9-8-28)36-6-1-2-7-37(31)36)40(32-19-21-55-24-32)26-71-72-27-67-53(52)42(59)18-20-51(70-50,47(53)62)49(64)65/h1-2,6-7,9-21,23-24,28,31,34,39-40,47-48,50,55-58,62-63,66H,4,8,22,25-27H2,(H2,54,61)(H,64,65). The molecule has 72 heavy (non-hydrogen) atoms. The molecule has 4 aliphatic carbocycles. The summed E-state index contributed by atoms with van der Waals surface area (Å²) in [7, 11) is 2.52. The number of allylic oxidation sites excluding steroid dienone is 4. The third-order valence-electron chi connectivity index (χ3n) is 14.4. The number of carboxylic acid groups (broad SMARTS) is 1. The van der Waals surface area contributed by atoms with Gasteiger partial charge in [-0.05, 0) is 101 Å². The second-order valence-corrected chi connectivity index (χ2v) is 20.9. The SMILES string of the molecule is NC(=O)c1oc2cc(OC3OC4(C(=O)O)C=CC(=O)C5(OCSSCC(c6cc[nH]c6)C(C6CC#CC(O)CC7C=CC(=CC6)c6ccccc67)CNC(O)C35O)C4O)ccc2c(=O)c1-c1ccc(O)cc1. The van der Waals surface area contributed by atoms with E-state index in [9.17, 15) is 49.8 Å². The van der Waals surface area contributed by atoms with Crippen LogP contribution in [0, 0.1) is 23.7 Å². The molecule has 10 N–H and O–H groups in total. The predicted octanol–water partition coefficient (Wildman–Crippen LogP) is 4.70. The molecule has 0 radical (unpaired) electrons. The molecule has 11 unspecified atom stereocenters. The minimum absolute atomic E-state index is 0.0231. The Morgan fingerprint density at radius 3 is 2.56 bits per heavy atom. The van der Waals surface area contributed by atoms with E-state index in [2.05, 4.69) is 52.5 Å². The number of phenolic OH excluding ortho intramolecular Hbond substituents is 1. The Kier molecular flexibility index (Phi) is 13.3. The van der Waals surface area contributed by atoms with Gasteiger partial charge in [0.15, 0.2) is 11.4 Å². The number of hydrogen-bond donors (Lipinski definition) is 9. The molecule has 11 rings (SSSR count). The first-order valence-electron chi connectivity index (χ1n) is 23.1. The number of fused-ring (bicyclic) bond motifs is 8. The van der Waals surface area contributed by atoms with Crippen LogP contribution in [0.25, 0.3) is 27.7 Å². The summed E-state index contributed by atoms with van der Waals surface area (Å²) in [6.07, 6.45) is 4.80. The highest BCUT2D eigenvalue weighted by molar-refractivity contribution is 8.76. The average molecular weight is 1020 g/mol. The first-order chi connectivity index (χ1) is 34.7. The van der Waals surface area contributed by atoms with Gasteiger partial charge >= 0.3 is 5.97 Å². The number of hydrogen-bond acceptors (Lipinski definition) is 16. The normalized spacial score (nSPS) is 31.5. The molecule has 5 aromatic rings. The van der Waals surface area contributed by atoms with Crippen LogP contribution in [0.2, 0.25) is 0 Å². The van der Waals surface area contributed by atoms with Crippen molar-refractivity contribution in [2.24, 2.45) is 17.6 Å². The van der Waals surface area contributed by atoms with Crippen molar-refractivity contribution in [3.63, 3.8) is 0 Å². The van der Waals surface area contributed by atoms with Gasteiger partial charge in [-0.1, -0.05) is 82.1 Å². The van der Waals surface area contributed by atoms with Crippen LogP contribution in [0.5, 0.6) is 11.5 Å². The summed E-state index contributed by atoms with van der Waals surface area (Å²) < 4.78 is 24.5. The van der Waals surface area contributed by atoms with E-state index < -0.39 is 82.2 Å². The third-order valence-corrected chi connectivity index (χ3v) is 16.5. The predicted molar refractivity (Wildman–Crippen MR) is 266 cm³/mol. The van der Waals surface area contributed by atoms with Crippen molar-refractivity contribution in [2.45, 2.75) is 72.6 Å². The molecule has 3 aromatic carbocycles. The van der Waals surface area contributed by atoms with Crippen LogP contribution < -0.4 is 21.2 Å². The minimum atomic E-state index is -3.19. The van der Waals surface area contributed by atoms with Crippen LogP contribution in [0.3, 0.4) is 0 Å². The second-order valence-electron chi connectivity index (χ2n) is 18.4. The fraction of sp³-hybridized carbons (Fsp3) is 0.321. The van der Waals surface area contributed by atoms with Gasteiger partial charge in [0.25, 0.3) is 5.91 Å². The van der Waals surface area contributed by atoms with E-state index in [1.807, 2.05) is 24.4 Å². The highest BCUT2D eigenvalue weighted by Crippen LogP contribution is 2.52. The lowest BCUT2D eigenvalue weighted by Crippen LogP contribution is -2.87. The number of nitrogens with two attached hydrogens (primary N) is 1. The number of phenols is 1. The molecule has 2 aromatic heterocycles. The number of ether oxygens (including phenoxy) is 3. The van der Waals surface area contributed by atoms with E-state index in [-0.39, 0.29) is 57.9 Å². The number of nitrogens with one attached hydrogen (secondary N) is 2. The lowest BCUT2D eigenvalue weighted by molar-refractivity contribution is -0.382. The highest BCUT2D eigenvalue weighted by Gasteiger charge is 2.80. The molecule has 4 heterocycles. The molecule has 4 bridgehead atoms. The first-order valence-corrected chi connectivity index (χ1v) is 25.6. The molecule has 2 saturated heterocycles. The number of rotatable bonds is 7. The van der Waals surface area contributed by atoms with Gasteiger partial charge in [0.05, 0.1) is 10.9 Å². The Labute approximate surface area is 419 Å². The number of aromatic nitrogens is 1. The van der Waals surface area contributed by atoms with Crippen molar-refractivity contribution in [2.75, 3.05) is 18.2 Å². The van der Waals surface area contributed by atoms with Crippen LogP contribution >= 0.6 is 21.6 Å². The molecule has 0 saturated carbocycles. The molecule has 19 heteroatoms. The van der Waals surface area contributed by atoms with Crippen molar-refractivity contribution in [3.05, 3.63) is 148 Å². The van der Waals surface area contributed by atoms with Crippen LogP contribution in [0.4, 0.5) is 0 Å². The number of carboxylic acids is 1. The van der Waals surface area contributed by atoms with Gasteiger partial charge in [-0.25, -0.2) is 4.79 Å². The van der Waals surface area contributed by atoms with Gasteiger partial charge in [-0.15, -0.1) is 5.92 Å². The largest absolute Gasteiger partial charge is 0.508 e. The third kappa shape index (κ3) is 8.35. The van der Waals surface area contributed by atoms with E-state index in [1.54, 1.807) is 6.20 Å². The fourth-order valence-electron chi connectivity index (χ4n) is 10.7. The molecule has 1 spiro atoms. The molecule has 2 fully saturated rings. The number of ketones is 1. The molecule has 372 valence electrons. The number of H-pyrrole nitrogens is 1. The maximum absolute atomic E-state index is 14.5. The molecule has 1 amide bonds. The quantitative estimate of drug-likeness (QED) is 0.0789. The maximum atomic E-state index is 14.5. The highest BCUT2D eigenvalue weighted by atomic mass is 33.1. The summed E-state index contributed by atoms with van der Waals surface area (Å²) in [5, 5.41) is 73.1. The van der Waals surface area contributed by atoms with Gasteiger partial charge in [-0.2, -0.15) is 0 Å². The van der Waals surface area contributed by atoms with Gasteiger partial charge in [-0.3, -0.25) is 19.7 Å². The summed E-state index contributed by atoms with van der Waals surface area (Å²) in [4.78, 5) is 57.7. The molecule has 11 atom stereocenters. The Hall–Kier alpha value is -6.44. The van der Waals surface area contributed by atoms with Crippen LogP contribution in [-0.4, -0.2) is 113 Å². The maximum Gasteiger partial charge on any atom is 0.343 e. The topological polar surface area (TPSA) is 284 Å². The van der Waals surface area contributed by atoms with Gasteiger partial charge in [0.1, 0.15) is 41.5 Å². The van der Waals surface area contributed by atoms with Gasteiger partial charge in [0, 0.05) is 43.1 Å². The lowest BCUT2D eigenvalue weighted by Gasteiger charge is -2.60. The summed E-state index contributed by atoms with van der Waals surface area (Å²) >= 11 is 0. The smallest absolute Gasteiger partial charge is 0.343 e. The van der Waals surface area contributed by atoms with Crippen molar-refractivity contribution >= 4 is 55.8 Å². The van der Waals surface area contributed by atoms with E-state index in [1.165, 1.54) is 47.2 Å². The number of aliphatic hydroxyl groups is 4. The molecular weight excluding hydrogens is 967 g/mol. The summed E-state index contributed by atoms with van der Waals surface area (Å²) in [5.41, 5.74) is -0.0892. The van der Waals surface area contributed by atoms with Crippen molar-refractivity contribution in [1.29, 1.82) is 0 Å². The number of amides is 1. The molecule has 6 aliphatic rings. The fourth-order valence-corrected chi connectivity index (χ4v) is 12.8. The number of aromatic amines is 1. The first kappa shape index (κ1) is 49.2. The monoisotopic (exact) mass is 1020 g/mol. The van der Waals surface area contributed by atoms with E-state index >= 15 is 0 Å². The Morgan fingerprint density at radius 2 is 1.79 bits per heavy atom.